The number of nitrogens with two attached hydrogens (primary N) is 1. The standard InChI is InChI=1S/C12H14N4/c1-3-10-6-11(13)16-12(15-10)9-5-4-8(2)14-7-9/h4-7H,3H2,1-2H3,(H2,13,15,16). The lowest BCUT2D eigenvalue weighted by molar-refractivity contribution is 1.01. The number of anilines is 1. The van der Waals surface area contributed by atoms with Crippen molar-refractivity contribution in [3.05, 3.63) is 35.8 Å². The van der Waals surface area contributed by atoms with Crippen molar-refractivity contribution in [3.8, 4) is 11.4 Å². The molecule has 2 rings (SSSR count). The number of rotatable bonds is 2. The zero-order chi connectivity index (χ0) is 11.5. The number of aryl methyl sites for hydroxylation is 2. The summed E-state index contributed by atoms with van der Waals surface area (Å²) in [6, 6.07) is 5.69. The Labute approximate surface area is 94.6 Å². The predicted octanol–water partition coefficient (Wildman–Crippen LogP) is 1.99. The molecule has 4 heteroatoms. The molecule has 82 valence electrons. The normalized spacial score (nSPS) is 10.4. The fourth-order valence-electron chi connectivity index (χ4n) is 1.43. The van der Waals surface area contributed by atoms with Gasteiger partial charge >= 0.3 is 0 Å². The summed E-state index contributed by atoms with van der Waals surface area (Å²) in [7, 11) is 0. The van der Waals surface area contributed by atoms with Gasteiger partial charge in [0, 0.05) is 29.2 Å². The molecule has 16 heavy (non-hydrogen) atoms. The highest BCUT2D eigenvalue weighted by atomic mass is 14.9. The number of pyridine rings is 1. The van der Waals surface area contributed by atoms with Crippen LogP contribution in [0.5, 0.6) is 0 Å². The van der Waals surface area contributed by atoms with Crippen molar-refractivity contribution in [3.63, 3.8) is 0 Å². The zero-order valence-corrected chi connectivity index (χ0v) is 9.44. The van der Waals surface area contributed by atoms with Gasteiger partial charge in [-0.05, 0) is 25.5 Å². The molecule has 0 unspecified atom stereocenters. The predicted molar refractivity (Wildman–Crippen MR) is 63.8 cm³/mol. The molecule has 0 saturated carbocycles. The Morgan fingerprint density at radius 3 is 2.69 bits per heavy atom. The first kappa shape index (κ1) is 10.5. The molecule has 0 bridgehead atoms. The quantitative estimate of drug-likeness (QED) is 0.830. The molecule has 2 aromatic heterocycles. The van der Waals surface area contributed by atoms with Gasteiger partial charge in [0.15, 0.2) is 5.82 Å². The molecule has 2 heterocycles. The SMILES string of the molecule is CCc1cc(N)nc(-c2ccc(C)nc2)n1. The highest BCUT2D eigenvalue weighted by molar-refractivity contribution is 5.55. The maximum Gasteiger partial charge on any atom is 0.163 e. The van der Waals surface area contributed by atoms with Crippen LogP contribution in [0.4, 0.5) is 5.82 Å². The zero-order valence-electron chi connectivity index (χ0n) is 9.44. The van der Waals surface area contributed by atoms with Crippen molar-refractivity contribution in [2.45, 2.75) is 20.3 Å². The van der Waals surface area contributed by atoms with Gasteiger partial charge in [-0.3, -0.25) is 4.98 Å². The van der Waals surface area contributed by atoms with E-state index in [0.29, 0.717) is 11.6 Å². The van der Waals surface area contributed by atoms with Crippen molar-refractivity contribution in [1.29, 1.82) is 0 Å². The van der Waals surface area contributed by atoms with Gasteiger partial charge in [0.1, 0.15) is 5.82 Å². The second kappa shape index (κ2) is 4.26. The van der Waals surface area contributed by atoms with Gasteiger partial charge < -0.3 is 5.73 Å². The molecule has 0 amide bonds. The highest BCUT2D eigenvalue weighted by Gasteiger charge is 2.04. The van der Waals surface area contributed by atoms with Crippen LogP contribution < -0.4 is 5.73 Å². The molecule has 2 aromatic rings. The van der Waals surface area contributed by atoms with E-state index in [-0.39, 0.29) is 0 Å². The summed E-state index contributed by atoms with van der Waals surface area (Å²) in [5.74, 6) is 1.15. The van der Waals surface area contributed by atoms with Crippen LogP contribution in [0.25, 0.3) is 11.4 Å². The second-order valence-corrected chi connectivity index (χ2v) is 3.65. The third kappa shape index (κ3) is 2.16. The Morgan fingerprint density at radius 2 is 2.06 bits per heavy atom. The van der Waals surface area contributed by atoms with E-state index in [2.05, 4.69) is 15.0 Å². The maximum atomic E-state index is 5.73. The molecule has 0 fully saturated rings. The van der Waals surface area contributed by atoms with Crippen LogP contribution in [0.2, 0.25) is 0 Å². The Balaban J connectivity index is 2.47. The average molecular weight is 214 g/mol. The lowest BCUT2D eigenvalue weighted by Crippen LogP contribution is -1.99. The Kier molecular flexibility index (Phi) is 2.81. The molecule has 4 nitrogen and oxygen atoms in total. The van der Waals surface area contributed by atoms with Gasteiger partial charge in [-0.1, -0.05) is 6.92 Å². The second-order valence-electron chi connectivity index (χ2n) is 3.65. The van der Waals surface area contributed by atoms with Crippen LogP contribution in [-0.2, 0) is 6.42 Å². The Morgan fingerprint density at radius 1 is 1.25 bits per heavy atom. The van der Waals surface area contributed by atoms with Gasteiger partial charge in [0.2, 0.25) is 0 Å². The molecular formula is C12H14N4. The van der Waals surface area contributed by atoms with E-state index in [4.69, 9.17) is 5.73 Å². The van der Waals surface area contributed by atoms with E-state index in [1.54, 1.807) is 12.3 Å². The van der Waals surface area contributed by atoms with Crippen molar-refractivity contribution >= 4 is 5.82 Å². The molecular weight excluding hydrogens is 200 g/mol. The summed E-state index contributed by atoms with van der Waals surface area (Å²) in [5.41, 5.74) is 8.55. The number of hydrogen-bond donors (Lipinski definition) is 1. The van der Waals surface area contributed by atoms with Crippen molar-refractivity contribution in [1.82, 2.24) is 15.0 Å². The summed E-state index contributed by atoms with van der Waals surface area (Å²) < 4.78 is 0. The maximum absolute atomic E-state index is 5.73. The number of hydrogen-bond acceptors (Lipinski definition) is 4. The van der Waals surface area contributed by atoms with Gasteiger partial charge in [-0.2, -0.15) is 0 Å². The first-order valence-electron chi connectivity index (χ1n) is 5.25. The molecule has 0 atom stereocenters. The van der Waals surface area contributed by atoms with E-state index in [0.717, 1.165) is 23.4 Å². The van der Waals surface area contributed by atoms with Gasteiger partial charge in [0.05, 0.1) is 0 Å². The average Bonchev–Trinajstić information content (AvgIpc) is 2.29. The summed E-state index contributed by atoms with van der Waals surface area (Å²) in [6.45, 7) is 3.99. The van der Waals surface area contributed by atoms with Gasteiger partial charge in [-0.15, -0.1) is 0 Å². The van der Waals surface area contributed by atoms with E-state index in [9.17, 15) is 0 Å². The number of aromatic nitrogens is 3. The van der Waals surface area contributed by atoms with Gasteiger partial charge in [0.25, 0.3) is 0 Å². The van der Waals surface area contributed by atoms with E-state index < -0.39 is 0 Å². The minimum Gasteiger partial charge on any atom is -0.384 e. The molecule has 0 aliphatic rings. The largest absolute Gasteiger partial charge is 0.384 e. The first-order valence-corrected chi connectivity index (χ1v) is 5.25. The smallest absolute Gasteiger partial charge is 0.163 e. The third-order valence-electron chi connectivity index (χ3n) is 2.33. The van der Waals surface area contributed by atoms with E-state index >= 15 is 0 Å². The third-order valence-corrected chi connectivity index (χ3v) is 2.33. The number of nitrogen functional groups attached to an aromatic ring is 1. The van der Waals surface area contributed by atoms with Crippen molar-refractivity contribution in [2.75, 3.05) is 5.73 Å². The van der Waals surface area contributed by atoms with Crippen LogP contribution in [-0.4, -0.2) is 15.0 Å². The molecule has 0 radical (unpaired) electrons. The van der Waals surface area contributed by atoms with Crippen molar-refractivity contribution in [2.24, 2.45) is 0 Å². The Hall–Kier alpha value is -1.97. The summed E-state index contributed by atoms with van der Waals surface area (Å²) in [6.07, 6.45) is 2.61. The van der Waals surface area contributed by atoms with Crippen LogP contribution in [0, 0.1) is 6.92 Å². The molecule has 0 saturated heterocycles. The Bertz CT molecular complexity index is 491. The molecule has 2 N–H and O–H groups in total. The fraction of sp³-hybridized carbons (Fsp3) is 0.250. The number of nitrogens with zero attached hydrogens (tertiary/aromatic N) is 3. The highest BCUT2D eigenvalue weighted by Crippen LogP contribution is 2.16. The summed E-state index contributed by atoms with van der Waals surface area (Å²) >= 11 is 0. The van der Waals surface area contributed by atoms with Crippen LogP contribution in [0.1, 0.15) is 18.3 Å². The minimum atomic E-state index is 0.502. The topological polar surface area (TPSA) is 64.7 Å². The van der Waals surface area contributed by atoms with Crippen LogP contribution in [0.3, 0.4) is 0 Å². The lowest BCUT2D eigenvalue weighted by Gasteiger charge is -2.04. The summed E-state index contributed by atoms with van der Waals surface area (Å²) in [4.78, 5) is 12.8. The van der Waals surface area contributed by atoms with E-state index in [1.165, 1.54) is 0 Å². The van der Waals surface area contributed by atoms with Crippen LogP contribution >= 0.6 is 0 Å². The molecule has 0 aliphatic heterocycles. The minimum absolute atomic E-state index is 0.502. The van der Waals surface area contributed by atoms with Crippen LogP contribution in [0.15, 0.2) is 24.4 Å². The molecule has 0 spiro atoms. The molecule has 0 aromatic carbocycles. The summed E-state index contributed by atoms with van der Waals surface area (Å²) in [5, 5.41) is 0. The van der Waals surface area contributed by atoms with Crippen molar-refractivity contribution < 1.29 is 0 Å². The fourth-order valence-corrected chi connectivity index (χ4v) is 1.43. The van der Waals surface area contributed by atoms with Gasteiger partial charge in [-0.25, -0.2) is 9.97 Å². The first-order chi connectivity index (χ1) is 7.69. The lowest BCUT2D eigenvalue weighted by atomic mass is 10.2. The molecule has 0 aliphatic carbocycles. The van der Waals surface area contributed by atoms with E-state index in [1.807, 2.05) is 26.0 Å². The monoisotopic (exact) mass is 214 g/mol.